The van der Waals surface area contributed by atoms with Crippen LogP contribution in [0.15, 0.2) is 10.9 Å². The molecule has 3 N–H and O–H groups in total. The number of H-pyrrole nitrogens is 1. The van der Waals surface area contributed by atoms with Crippen LogP contribution in [0.4, 0.5) is 5.82 Å². The number of nitrogens with zero attached hydrogens (tertiary/aromatic N) is 1. The lowest BCUT2D eigenvalue weighted by Crippen LogP contribution is -2.44. The second kappa shape index (κ2) is 4.80. The smallest absolute Gasteiger partial charge is 0.329 e. The van der Waals surface area contributed by atoms with Gasteiger partial charge in [0.1, 0.15) is 17.2 Å². The lowest BCUT2D eigenvalue weighted by atomic mass is 9.98. The molecule has 98 valence electrons. The number of carboxylic acid groups (broad SMARTS) is 1. The lowest BCUT2D eigenvalue weighted by molar-refractivity contribution is -0.142. The third kappa shape index (κ3) is 2.37. The number of anilines is 1. The van der Waals surface area contributed by atoms with Crippen molar-refractivity contribution in [3.8, 4) is 0 Å². The summed E-state index contributed by atoms with van der Waals surface area (Å²) < 4.78 is 0. The molecule has 0 spiro atoms. The highest BCUT2D eigenvalue weighted by molar-refractivity contribution is 5.82. The molecule has 1 heterocycles. The summed E-state index contributed by atoms with van der Waals surface area (Å²) in [5.41, 5.74) is -1.23. The van der Waals surface area contributed by atoms with Gasteiger partial charge in [0.05, 0.1) is 0 Å². The van der Waals surface area contributed by atoms with E-state index in [9.17, 15) is 14.7 Å². The zero-order valence-electron chi connectivity index (χ0n) is 10.3. The summed E-state index contributed by atoms with van der Waals surface area (Å²) in [6, 6.07) is 1.31. The third-order valence-corrected chi connectivity index (χ3v) is 3.36. The first-order valence-corrected chi connectivity index (χ1v) is 6.17. The number of aliphatic carboxylic acids is 1. The maximum atomic E-state index is 11.4. The zero-order valence-corrected chi connectivity index (χ0v) is 10.3. The van der Waals surface area contributed by atoms with E-state index in [4.69, 9.17) is 0 Å². The second-order valence-electron chi connectivity index (χ2n) is 4.65. The molecular weight excluding hydrogens is 234 g/mol. The largest absolute Gasteiger partial charge is 0.480 e. The van der Waals surface area contributed by atoms with E-state index in [1.54, 1.807) is 0 Å². The minimum Gasteiger partial charge on any atom is -0.480 e. The molecule has 2 rings (SSSR count). The molecule has 0 radical (unpaired) electrons. The molecule has 0 bridgehead atoms. The average molecular weight is 251 g/mol. The Kier molecular flexibility index (Phi) is 3.36. The van der Waals surface area contributed by atoms with Crippen molar-refractivity contribution in [1.29, 1.82) is 0 Å². The van der Waals surface area contributed by atoms with Gasteiger partial charge in [0.2, 0.25) is 0 Å². The SMILES string of the molecule is CCc1nc(NC2(C(=O)O)CCCC2)cc(=O)[nH]1. The van der Waals surface area contributed by atoms with Crippen LogP contribution in [0.3, 0.4) is 0 Å². The molecule has 0 amide bonds. The first-order chi connectivity index (χ1) is 8.55. The van der Waals surface area contributed by atoms with Crippen LogP contribution in [-0.2, 0) is 11.2 Å². The van der Waals surface area contributed by atoms with E-state index in [0.717, 1.165) is 12.8 Å². The maximum Gasteiger partial charge on any atom is 0.329 e. The van der Waals surface area contributed by atoms with Crippen molar-refractivity contribution in [3.05, 3.63) is 22.2 Å². The molecule has 6 nitrogen and oxygen atoms in total. The molecule has 0 aromatic carbocycles. The van der Waals surface area contributed by atoms with Crippen molar-refractivity contribution in [2.45, 2.75) is 44.6 Å². The number of rotatable bonds is 4. The van der Waals surface area contributed by atoms with Gasteiger partial charge in [-0.05, 0) is 12.8 Å². The number of aromatic nitrogens is 2. The van der Waals surface area contributed by atoms with Crippen LogP contribution in [-0.4, -0.2) is 26.6 Å². The summed E-state index contributed by atoms with van der Waals surface area (Å²) in [5, 5.41) is 12.3. The zero-order chi connectivity index (χ0) is 13.2. The van der Waals surface area contributed by atoms with Gasteiger partial charge in [0.25, 0.3) is 5.56 Å². The number of aryl methyl sites for hydroxylation is 1. The number of nitrogens with one attached hydrogen (secondary N) is 2. The highest BCUT2D eigenvalue weighted by Crippen LogP contribution is 2.32. The number of carboxylic acids is 1. The fraction of sp³-hybridized carbons (Fsp3) is 0.583. The average Bonchev–Trinajstić information content (AvgIpc) is 2.78. The fourth-order valence-corrected chi connectivity index (χ4v) is 2.36. The van der Waals surface area contributed by atoms with Crippen LogP contribution in [0.25, 0.3) is 0 Å². The predicted molar refractivity (Wildman–Crippen MR) is 66.7 cm³/mol. The lowest BCUT2D eigenvalue weighted by Gasteiger charge is -2.25. The van der Waals surface area contributed by atoms with Crippen LogP contribution in [0.2, 0.25) is 0 Å². The van der Waals surface area contributed by atoms with E-state index in [1.807, 2.05) is 6.92 Å². The normalized spacial score (nSPS) is 17.6. The van der Waals surface area contributed by atoms with Crippen LogP contribution in [0.5, 0.6) is 0 Å². The Bertz CT molecular complexity index is 504. The summed E-state index contributed by atoms with van der Waals surface area (Å²) in [6.07, 6.45) is 3.49. The Balaban J connectivity index is 2.29. The molecule has 1 saturated carbocycles. The van der Waals surface area contributed by atoms with Crippen molar-refractivity contribution in [3.63, 3.8) is 0 Å². The highest BCUT2D eigenvalue weighted by Gasteiger charge is 2.41. The molecule has 1 fully saturated rings. The van der Waals surface area contributed by atoms with E-state index >= 15 is 0 Å². The molecule has 1 aliphatic rings. The number of carbonyl (C=O) groups is 1. The van der Waals surface area contributed by atoms with E-state index < -0.39 is 11.5 Å². The number of hydrogen-bond donors (Lipinski definition) is 3. The molecular formula is C12H17N3O3. The summed E-state index contributed by atoms with van der Waals surface area (Å²) in [4.78, 5) is 29.6. The van der Waals surface area contributed by atoms with Crippen molar-refractivity contribution < 1.29 is 9.90 Å². The molecule has 18 heavy (non-hydrogen) atoms. The first-order valence-electron chi connectivity index (χ1n) is 6.17. The van der Waals surface area contributed by atoms with Crippen molar-refractivity contribution >= 4 is 11.8 Å². The first kappa shape index (κ1) is 12.6. The summed E-state index contributed by atoms with van der Waals surface area (Å²) >= 11 is 0. The Morgan fingerprint density at radius 2 is 2.22 bits per heavy atom. The van der Waals surface area contributed by atoms with Gasteiger partial charge in [0.15, 0.2) is 0 Å². The van der Waals surface area contributed by atoms with Crippen molar-refractivity contribution in [1.82, 2.24) is 9.97 Å². The van der Waals surface area contributed by atoms with E-state index in [0.29, 0.717) is 30.9 Å². The van der Waals surface area contributed by atoms with Gasteiger partial charge in [0, 0.05) is 12.5 Å². The fourth-order valence-electron chi connectivity index (χ4n) is 2.36. The second-order valence-corrected chi connectivity index (χ2v) is 4.65. The van der Waals surface area contributed by atoms with Gasteiger partial charge >= 0.3 is 5.97 Å². The van der Waals surface area contributed by atoms with Gasteiger partial charge in [-0.25, -0.2) is 9.78 Å². The molecule has 1 aromatic rings. The maximum absolute atomic E-state index is 11.4. The number of hydrogen-bond acceptors (Lipinski definition) is 4. The van der Waals surface area contributed by atoms with Crippen molar-refractivity contribution in [2.24, 2.45) is 0 Å². The Morgan fingerprint density at radius 3 is 2.78 bits per heavy atom. The number of aromatic amines is 1. The molecule has 0 saturated heterocycles. The van der Waals surface area contributed by atoms with Gasteiger partial charge < -0.3 is 15.4 Å². The van der Waals surface area contributed by atoms with E-state index in [-0.39, 0.29) is 5.56 Å². The quantitative estimate of drug-likeness (QED) is 0.746. The molecule has 0 atom stereocenters. The van der Waals surface area contributed by atoms with E-state index in [1.165, 1.54) is 6.07 Å². The Labute approximate surface area is 104 Å². The van der Waals surface area contributed by atoms with Gasteiger partial charge in [-0.3, -0.25) is 4.79 Å². The molecule has 0 unspecified atom stereocenters. The minimum atomic E-state index is -0.966. The van der Waals surface area contributed by atoms with Crippen LogP contribution < -0.4 is 10.9 Å². The van der Waals surface area contributed by atoms with Gasteiger partial charge in [-0.1, -0.05) is 19.8 Å². The van der Waals surface area contributed by atoms with Crippen LogP contribution >= 0.6 is 0 Å². The summed E-state index contributed by atoms with van der Waals surface area (Å²) in [5.74, 6) is 0.0311. The van der Waals surface area contributed by atoms with Crippen molar-refractivity contribution in [2.75, 3.05) is 5.32 Å². The molecule has 0 aliphatic heterocycles. The standard InChI is InChI=1S/C12H17N3O3/c1-2-8-13-9(7-10(16)14-8)15-12(11(17)18)5-3-4-6-12/h7H,2-6H2,1H3,(H,17,18)(H2,13,14,15,16). The monoisotopic (exact) mass is 251 g/mol. The summed E-state index contributed by atoms with van der Waals surface area (Å²) in [6.45, 7) is 1.88. The van der Waals surface area contributed by atoms with Gasteiger partial charge in [-0.15, -0.1) is 0 Å². The van der Waals surface area contributed by atoms with Gasteiger partial charge in [-0.2, -0.15) is 0 Å². The Morgan fingerprint density at radius 1 is 1.56 bits per heavy atom. The molecule has 6 heteroatoms. The summed E-state index contributed by atoms with van der Waals surface area (Å²) in [7, 11) is 0. The van der Waals surface area contributed by atoms with E-state index in [2.05, 4.69) is 15.3 Å². The Hall–Kier alpha value is -1.85. The highest BCUT2D eigenvalue weighted by atomic mass is 16.4. The molecule has 1 aliphatic carbocycles. The van der Waals surface area contributed by atoms with Crippen LogP contribution in [0.1, 0.15) is 38.4 Å². The minimum absolute atomic E-state index is 0.261. The predicted octanol–water partition coefficient (Wildman–Crippen LogP) is 1.14. The third-order valence-electron chi connectivity index (χ3n) is 3.36. The molecule has 1 aromatic heterocycles. The van der Waals surface area contributed by atoms with Crippen LogP contribution in [0, 0.1) is 0 Å². The topological polar surface area (TPSA) is 95.1 Å².